The number of likely N-dealkylation sites (N-methyl/N-ethyl adjacent to an activating group) is 1. The summed E-state index contributed by atoms with van der Waals surface area (Å²) < 4.78 is 5.47. The summed E-state index contributed by atoms with van der Waals surface area (Å²) in [6.45, 7) is 3.96. The number of carbonyl (C=O) groups is 1. The Morgan fingerprint density at radius 1 is 1.39 bits per heavy atom. The molecule has 0 unspecified atom stereocenters. The predicted molar refractivity (Wildman–Crippen MR) is 68.4 cm³/mol. The van der Waals surface area contributed by atoms with E-state index in [0.29, 0.717) is 18.8 Å². The number of pyridine rings is 1. The van der Waals surface area contributed by atoms with Gasteiger partial charge in [0.1, 0.15) is 5.75 Å². The third-order valence-electron chi connectivity index (χ3n) is 3.08. The first-order chi connectivity index (χ1) is 8.75. The number of hydrogen-bond acceptors (Lipinski definition) is 4. The number of piperazine rings is 1. The van der Waals surface area contributed by atoms with Gasteiger partial charge in [-0.05, 0) is 19.2 Å². The molecule has 0 aliphatic carbocycles. The summed E-state index contributed by atoms with van der Waals surface area (Å²) >= 11 is 0. The van der Waals surface area contributed by atoms with Crippen LogP contribution in [-0.4, -0.2) is 60.5 Å². The second kappa shape index (κ2) is 6.35. The summed E-state index contributed by atoms with van der Waals surface area (Å²) in [7, 11) is 2.08. The molecule has 5 heteroatoms. The molecule has 1 aliphatic rings. The van der Waals surface area contributed by atoms with Gasteiger partial charge in [0.25, 0.3) is 0 Å². The number of hydrogen-bond donors (Lipinski definition) is 0. The van der Waals surface area contributed by atoms with E-state index in [1.807, 2.05) is 17.0 Å². The van der Waals surface area contributed by atoms with Crippen molar-refractivity contribution < 1.29 is 9.53 Å². The molecule has 0 aromatic carbocycles. The highest BCUT2D eigenvalue weighted by atomic mass is 16.5. The zero-order valence-corrected chi connectivity index (χ0v) is 10.7. The molecule has 0 spiro atoms. The molecule has 1 amide bonds. The van der Waals surface area contributed by atoms with Crippen molar-refractivity contribution in [3.63, 3.8) is 0 Å². The Labute approximate surface area is 107 Å². The van der Waals surface area contributed by atoms with E-state index in [4.69, 9.17) is 4.74 Å². The van der Waals surface area contributed by atoms with E-state index in [2.05, 4.69) is 16.9 Å². The summed E-state index contributed by atoms with van der Waals surface area (Å²) in [4.78, 5) is 20.0. The first kappa shape index (κ1) is 12.8. The SMILES string of the molecule is CN1CCN(C(=O)CCOc2cccnc2)CC1. The van der Waals surface area contributed by atoms with Crippen molar-refractivity contribution in [3.8, 4) is 5.75 Å². The van der Waals surface area contributed by atoms with Crippen molar-refractivity contribution >= 4 is 5.91 Å². The van der Waals surface area contributed by atoms with Gasteiger partial charge in [-0.15, -0.1) is 0 Å². The summed E-state index contributed by atoms with van der Waals surface area (Å²) in [5, 5.41) is 0. The lowest BCUT2D eigenvalue weighted by molar-refractivity contribution is -0.133. The van der Waals surface area contributed by atoms with Crippen LogP contribution in [0.25, 0.3) is 0 Å². The third kappa shape index (κ3) is 3.70. The second-order valence-corrected chi connectivity index (χ2v) is 4.47. The van der Waals surface area contributed by atoms with Crippen molar-refractivity contribution in [2.75, 3.05) is 39.8 Å². The van der Waals surface area contributed by atoms with Crippen molar-refractivity contribution in [1.82, 2.24) is 14.8 Å². The maximum atomic E-state index is 11.9. The topological polar surface area (TPSA) is 45.7 Å². The zero-order chi connectivity index (χ0) is 12.8. The van der Waals surface area contributed by atoms with Crippen molar-refractivity contribution in [3.05, 3.63) is 24.5 Å². The number of carbonyl (C=O) groups excluding carboxylic acids is 1. The van der Waals surface area contributed by atoms with E-state index < -0.39 is 0 Å². The molecule has 2 heterocycles. The van der Waals surface area contributed by atoms with Gasteiger partial charge in [0.2, 0.25) is 5.91 Å². The lowest BCUT2D eigenvalue weighted by Gasteiger charge is -2.32. The molecule has 1 aromatic rings. The van der Waals surface area contributed by atoms with E-state index >= 15 is 0 Å². The Hall–Kier alpha value is -1.62. The molecule has 18 heavy (non-hydrogen) atoms. The Morgan fingerprint density at radius 2 is 2.17 bits per heavy atom. The lowest BCUT2D eigenvalue weighted by Crippen LogP contribution is -2.47. The highest BCUT2D eigenvalue weighted by Crippen LogP contribution is 2.07. The average Bonchev–Trinajstić information content (AvgIpc) is 2.40. The maximum Gasteiger partial charge on any atom is 0.226 e. The van der Waals surface area contributed by atoms with Crippen LogP contribution in [-0.2, 0) is 4.79 Å². The minimum atomic E-state index is 0.173. The van der Waals surface area contributed by atoms with Crippen molar-refractivity contribution in [2.24, 2.45) is 0 Å². The Balaban J connectivity index is 1.69. The zero-order valence-electron chi connectivity index (χ0n) is 10.7. The van der Waals surface area contributed by atoms with Gasteiger partial charge in [-0.3, -0.25) is 9.78 Å². The van der Waals surface area contributed by atoms with Crippen LogP contribution in [0.1, 0.15) is 6.42 Å². The summed E-state index contributed by atoms with van der Waals surface area (Å²) in [5.41, 5.74) is 0. The van der Waals surface area contributed by atoms with Gasteiger partial charge >= 0.3 is 0 Å². The number of ether oxygens (including phenoxy) is 1. The molecule has 1 aromatic heterocycles. The highest BCUT2D eigenvalue weighted by Gasteiger charge is 2.18. The minimum Gasteiger partial charge on any atom is -0.491 e. The number of rotatable bonds is 4. The van der Waals surface area contributed by atoms with Gasteiger partial charge in [-0.2, -0.15) is 0 Å². The fraction of sp³-hybridized carbons (Fsp3) is 0.538. The van der Waals surface area contributed by atoms with Gasteiger partial charge in [-0.25, -0.2) is 0 Å². The van der Waals surface area contributed by atoms with E-state index in [0.717, 1.165) is 26.2 Å². The van der Waals surface area contributed by atoms with Crippen LogP contribution in [0.4, 0.5) is 0 Å². The molecule has 0 atom stereocenters. The van der Waals surface area contributed by atoms with E-state index in [1.54, 1.807) is 12.4 Å². The Morgan fingerprint density at radius 3 is 2.83 bits per heavy atom. The molecule has 2 rings (SSSR count). The molecule has 98 valence electrons. The highest BCUT2D eigenvalue weighted by molar-refractivity contribution is 5.76. The third-order valence-corrected chi connectivity index (χ3v) is 3.08. The molecule has 5 nitrogen and oxygen atoms in total. The number of nitrogens with zero attached hydrogens (tertiary/aromatic N) is 3. The smallest absolute Gasteiger partial charge is 0.226 e. The van der Waals surface area contributed by atoms with Gasteiger partial charge in [0.05, 0.1) is 19.2 Å². The summed E-state index contributed by atoms with van der Waals surface area (Å²) in [5.74, 6) is 0.885. The maximum absolute atomic E-state index is 11.9. The molecule has 0 saturated carbocycles. The Kier molecular flexibility index (Phi) is 4.52. The van der Waals surface area contributed by atoms with Gasteiger partial charge in [0.15, 0.2) is 0 Å². The standard InChI is InChI=1S/C13H19N3O2/c1-15-6-8-16(9-7-15)13(17)4-10-18-12-3-2-5-14-11-12/h2-3,5,11H,4,6-10H2,1H3. The first-order valence-corrected chi connectivity index (χ1v) is 6.25. The van der Waals surface area contributed by atoms with Crippen LogP contribution in [0.2, 0.25) is 0 Å². The molecular formula is C13H19N3O2. The van der Waals surface area contributed by atoms with Crippen LogP contribution in [0.15, 0.2) is 24.5 Å². The molecule has 0 N–H and O–H groups in total. The summed E-state index contributed by atoms with van der Waals surface area (Å²) in [6.07, 6.45) is 3.78. The normalized spacial score (nSPS) is 16.6. The van der Waals surface area contributed by atoms with Gasteiger partial charge in [-0.1, -0.05) is 0 Å². The van der Waals surface area contributed by atoms with Crippen molar-refractivity contribution in [1.29, 1.82) is 0 Å². The predicted octanol–water partition coefficient (Wildman–Crippen LogP) is 0.624. The quantitative estimate of drug-likeness (QED) is 0.785. The fourth-order valence-electron chi connectivity index (χ4n) is 1.90. The minimum absolute atomic E-state index is 0.173. The summed E-state index contributed by atoms with van der Waals surface area (Å²) in [6, 6.07) is 3.66. The monoisotopic (exact) mass is 249 g/mol. The molecule has 0 bridgehead atoms. The first-order valence-electron chi connectivity index (χ1n) is 6.25. The fourth-order valence-corrected chi connectivity index (χ4v) is 1.90. The van der Waals surface area contributed by atoms with Crippen LogP contribution < -0.4 is 4.74 Å². The lowest BCUT2D eigenvalue weighted by atomic mass is 10.3. The number of amides is 1. The van der Waals surface area contributed by atoms with E-state index in [-0.39, 0.29) is 5.91 Å². The van der Waals surface area contributed by atoms with E-state index in [1.165, 1.54) is 0 Å². The van der Waals surface area contributed by atoms with Crippen LogP contribution in [0, 0.1) is 0 Å². The average molecular weight is 249 g/mol. The molecule has 1 saturated heterocycles. The molecule has 0 radical (unpaired) electrons. The molecule has 1 fully saturated rings. The number of aromatic nitrogens is 1. The molecular weight excluding hydrogens is 230 g/mol. The van der Waals surface area contributed by atoms with E-state index in [9.17, 15) is 4.79 Å². The largest absolute Gasteiger partial charge is 0.491 e. The van der Waals surface area contributed by atoms with Gasteiger partial charge < -0.3 is 14.5 Å². The second-order valence-electron chi connectivity index (χ2n) is 4.47. The van der Waals surface area contributed by atoms with Crippen LogP contribution in [0.3, 0.4) is 0 Å². The van der Waals surface area contributed by atoms with Gasteiger partial charge in [0, 0.05) is 32.4 Å². The van der Waals surface area contributed by atoms with Crippen LogP contribution >= 0.6 is 0 Å². The van der Waals surface area contributed by atoms with Crippen LogP contribution in [0.5, 0.6) is 5.75 Å². The Bertz CT molecular complexity index is 375. The van der Waals surface area contributed by atoms with Crippen molar-refractivity contribution in [2.45, 2.75) is 6.42 Å². The molecule has 1 aliphatic heterocycles.